The average molecular weight is 205 g/mol. The van der Waals surface area contributed by atoms with Crippen molar-refractivity contribution in [1.82, 2.24) is 5.32 Å². The molecule has 0 amide bonds. The highest BCUT2D eigenvalue weighted by Crippen LogP contribution is 1.97. The number of hydrogen-bond donors (Lipinski definition) is 3. The summed E-state index contributed by atoms with van der Waals surface area (Å²) < 4.78 is 4.72. The minimum Gasteiger partial charge on any atom is -0.480 e. The highest BCUT2D eigenvalue weighted by Gasteiger charge is 2.16. The van der Waals surface area contributed by atoms with Crippen LogP contribution < -0.4 is 5.32 Å². The maximum Gasteiger partial charge on any atom is 0.320 e. The Morgan fingerprint density at radius 1 is 1.57 bits per heavy atom. The maximum atomic E-state index is 10.7. The summed E-state index contributed by atoms with van der Waals surface area (Å²) in [7, 11) is 1.49. The molecule has 2 unspecified atom stereocenters. The van der Waals surface area contributed by atoms with Crippen LogP contribution in [0.3, 0.4) is 0 Å². The Morgan fingerprint density at radius 3 is 2.64 bits per heavy atom. The second kappa shape index (κ2) is 7.73. The minimum atomic E-state index is -0.878. The molecule has 0 heterocycles. The first-order chi connectivity index (χ1) is 6.61. The van der Waals surface area contributed by atoms with E-state index < -0.39 is 18.1 Å². The number of rotatable bonds is 8. The highest BCUT2D eigenvalue weighted by molar-refractivity contribution is 5.73. The van der Waals surface area contributed by atoms with Gasteiger partial charge in [0.1, 0.15) is 6.04 Å². The van der Waals surface area contributed by atoms with Crippen LogP contribution in [0.4, 0.5) is 0 Å². The lowest BCUT2D eigenvalue weighted by Gasteiger charge is -2.16. The zero-order chi connectivity index (χ0) is 11.0. The number of ether oxygens (including phenoxy) is 1. The molecular formula is C9H19NO4. The average Bonchev–Trinajstić information content (AvgIpc) is 2.12. The Bertz CT molecular complexity index is 163. The monoisotopic (exact) mass is 205 g/mol. The second-order valence-electron chi connectivity index (χ2n) is 3.20. The van der Waals surface area contributed by atoms with Gasteiger partial charge < -0.3 is 20.3 Å². The molecule has 0 aliphatic rings. The number of carboxylic acids is 1. The van der Waals surface area contributed by atoms with Crippen molar-refractivity contribution in [3.05, 3.63) is 0 Å². The highest BCUT2D eigenvalue weighted by atomic mass is 16.5. The zero-order valence-electron chi connectivity index (χ0n) is 8.69. The molecule has 0 rings (SSSR count). The van der Waals surface area contributed by atoms with Gasteiger partial charge in [-0.05, 0) is 6.42 Å². The molecule has 0 aliphatic carbocycles. The normalized spacial score (nSPS) is 15.1. The van der Waals surface area contributed by atoms with Gasteiger partial charge in [0.15, 0.2) is 0 Å². The summed E-state index contributed by atoms with van der Waals surface area (Å²) in [6, 6.07) is -0.577. The molecule has 0 aromatic heterocycles. The lowest BCUT2D eigenvalue weighted by atomic mass is 10.1. The van der Waals surface area contributed by atoms with E-state index in [-0.39, 0.29) is 13.2 Å². The lowest BCUT2D eigenvalue weighted by molar-refractivity contribution is -0.139. The van der Waals surface area contributed by atoms with Gasteiger partial charge in [-0.25, -0.2) is 0 Å². The van der Waals surface area contributed by atoms with E-state index >= 15 is 0 Å². The van der Waals surface area contributed by atoms with Gasteiger partial charge in [-0.1, -0.05) is 13.3 Å². The van der Waals surface area contributed by atoms with Crippen molar-refractivity contribution in [3.63, 3.8) is 0 Å². The first-order valence-electron chi connectivity index (χ1n) is 4.75. The standard InChI is InChI=1S/C9H19NO4/c1-3-4-8(9(12)13)10-5-7(11)6-14-2/h7-8,10-11H,3-6H2,1-2H3,(H,12,13). The topological polar surface area (TPSA) is 78.8 Å². The molecule has 0 fully saturated rings. The minimum absolute atomic E-state index is 0.214. The molecule has 0 aromatic carbocycles. The molecule has 3 N–H and O–H groups in total. The molecular weight excluding hydrogens is 186 g/mol. The number of methoxy groups -OCH3 is 1. The summed E-state index contributed by atoms with van der Waals surface area (Å²) in [6.07, 6.45) is 0.707. The van der Waals surface area contributed by atoms with E-state index in [4.69, 9.17) is 9.84 Å². The van der Waals surface area contributed by atoms with Gasteiger partial charge in [0, 0.05) is 13.7 Å². The number of aliphatic carboxylic acids is 1. The summed E-state index contributed by atoms with van der Waals surface area (Å²) in [5.74, 6) is -0.878. The van der Waals surface area contributed by atoms with Crippen molar-refractivity contribution in [2.75, 3.05) is 20.3 Å². The summed E-state index contributed by atoms with van der Waals surface area (Å²) >= 11 is 0. The van der Waals surface area contributed by atoms with Crippen LogP contribution in [-0.4, -0.2) is 48.6 Å². The fraction of sp³-hybridized carbons (Fsp3) is 0.889. The van der Waals surface area contributed by atoms with Gasteiger partial charge in [0.05, 0.1) is 12.7 Å². The third-order valence-corrected chi connectivity index (χ3v) is 1.83. The van der Waals surface area contributed by atoms with Crippen LogP contribution in [-0.2, 0) is 9.53 Å². The van der Waals surface area contributed by atoms with Gasteiger partial charge in [-0.2, -0.15) is 0 Å². The van der Waals surface area contributed by atoms with Gasteiger partial charge in [0.25, 0.3) is 0 Å². The van der Waals surface area contributed by atoms with E-state index in [0.717, 1.165) is 6.42 Å². The van der Waals surface area contributed by atoms with Gasteiger partial charge >= 0.3 is 5.97 Å². The number of hydrogen-bond acceptors (Lipinski definition) is 4. The van der Waals surface area contributed by atoms with E-state index in [1.165, 1.54) is 7.11 Å². The first-order valence-corrected chi connectivity index (χ1v) is 4.75. The van der Waals surface area contributed by atoms with Crippen LogP contribution in [0.25, 0.3) is 0 Å². The summed E-state index contributed by atoms with van der Waals surface area (Å²) in [5.41, 5.74) is 0. The smallest absolute Gasteiger partial charge is 0.320 e. The Balaban J connectivity index is 3.75. The molecule has 0 aliphatic heterocycles. The number of nitrogens with one attached hydrogen (secondary N) is 1. The molecule has 84 valence electrons. The number of aliphatic hydroxyl groups is 1. The SMILES string of the molecule is CCCC(NCC(O)COC)C(=O)O. The van der Waals surface area contributed by atoms with Crippen LogP contribution in [0.15, 0.2) is 0 Å². The Kier molecular flexibility index (Phi) is 7.37. The molecule has 0 aromatic rings. The zero-order valence-corrected chi connectivity index (χ0v) is 8.69. The molecule has 0 radical (unpaired) electrons. The van der Waals surface area contributed by atoms with Gasteiger partial charge in [0.2, 0.25) is 0 Å². The Morgan fingerprint density at radius 2 is 2.21 bits per heavy atom. The van der Waals surface area contributed by atoms with Crippen molar-refractivity contribution >= 4 is 5.97 Å². The molecule has 5 heteroatoms. The molecule has 5 nitrogen and oxygen atoms in total. The number of carboxylic acid groups (broad SMARTS) is 1. The van der Waals surface area contributed by atoms with E-state index in [0.29, 0.717) is 6.42 Å². The fourth-order valence-electron chi connectivity index (χ4n) is 1.13. The van der Waals surface area contributed by atoms with Crippen molar-refractivity contribution in [1.29, 1.82) is 0 Å². The first kappa shape index (κ1) is 13.4. The summed E-state index contributed by atoms with van der Waals surface area (Å²) in [6.45, 7) is 2.37. The van der Waals surface area contributed by atoms with Gasteiger partial charge in [-0.15, -0.1) is 0 Å². The third-order valence-electron chi connectivity index (χ3n) is 1.83. The summed E-state index contributed by atoms with van der Waals surface area (Å²) in [4.78, 5) is 10.7. The van der Waals surface area contributed by atoms with Gasteiger partial charge in [-0.3, -0.25) is 4.79 Å². The molecule has 0 saturated carbocycles. The predicted octanol–water partition coefficient (Wildman–Crippen LogP) is -0.163. The molecule has 0 spiro atoms. The fourth-order valence-corrected chi connectivity index (χ4v) is 1.13. The quantitative estimate of drug-likeness (QED) is 0.513. The van der Waals surface area contributed by atoms with Crippen LogP contribution in [0, 0.1) is 0 Å². The van der Waals surface area contributed by atoms with Crippen molar-refractivity contribution < 1.29 is 19.7 Å². The number of aliphatic hydroxyl groups excluding tert-OH is 1. The molecule has 2 atom stereocenters. The predicted molar refractivity (Wildman–Crippen MR) is 52.2 cm³/mol. The van der Waals surface area contributed by atoms with Crippen molar-refractivity contribution in [3.8, 4) is 0 Å². The van der Waals surface area contributed by atoms with E-state index in [9.17, 15) is 9.90 Å². The largest absolute Gasteiger partial charge is 0.480 e. The number of carbonyl (C=O) groups is 1. The van der Waals surface area contributed by atoms with Crippen molar-refractivity contribution in [2.24, 2.45) is 0 Å². The second-order valence-corrected chi connectivity index (χ2v) is 3.20. The molecule has 0 saturated heterocycles. The molecule has 14 heavy (non-hydrogen) atoms. The van der Waals surface area contributed by atoms with E-state index in [2.05, 4.69) is 5.32 Å². The van der Waals surface area contributed by atoms with E-state index in [1.54, 1.807) is 0 Å². The van der Waals surface area contributed by atoms with Crippen LogP contribution >= 0.6 is 0 Å². The lowest BCUT2D eigenvalue weighted by Crippen LogP contribution is -2.41. The van der Waals surface area contributed by atoms with Crippen molar-refractivity contribution in [2.45, 2.75) is 31.9 Å². The third kappa shape index (κ3) is 5.90. The summed E-state index contributed by atoms with van der Waals surface area (Å²) in [5, 5.41) is 20.8. The Hall–Kier alpha value is -0.650. The van der Waals surface area contributed by atoms with E-state index in [1.807, 2.05) is 6.92 Å². The van der Waals surface area contributed by atoms with Crippen LogP contribution in [0.2, 0.25) is 0 Å². The molecule has 0 bridgehead atoms. The Labute approximate surface area is 84.1 Å². The maximum absolute atomic E-state index is 10.7. The van der Waals surface area contributed by atoms with Crippen LogP contribution in [0.1, 0.15) is 19.8 Å². The van der Waals surface area contributed by atoms with Crippen LogP contribution in [0.5, 0.6) is 0 Å².